The summed E-state index contributed by atoms with van der Waals surface area (Å²) in [5.41, 5.74) is 0.435. The Labute approximate surface area is 86.0 Å². The van der Waals surface area contributed by atoms with Crippen LogP contribution in [0.3, 0.4) is 0 Å². The predicted octanol–water partition coefficient (Wildman–Crippen LogP) is 0.868. The zero-order valence-electron chi connectivity index (χ0n) is 9.20. The van der Waals surface area contributed by atoms with E-state index in [1.54, 1.807) is 0 Å². The molecule has 14 heavy (non-hydrogen) atoms. The highest BCUT2D eigenvalue weighted by Gasteiger charge is 2.46. The van der Waals surface area contributed by atoms with Crippen molar-refractivity contribution in [2.75, 3.05) is 26.2 Å². The lowest BCUT2D eigenvalue weighted by Gasteiger charge is -2.38. The summed E-state index contributed by atoms with van der Waals surface area (Å²) in [7, 11) is 0. The van der Waals surface area contributed by atoms with Crippen LogP contribution in [0.5, 0.6) is 0 Å². The predicted molar refractivity (Wildman–Crippen MR) is 55.2 cm³/mol. The maximum Gasteiger partial charge on any atom is 0.0793 e. The summed E-state index contributed by atoms with van der Waals surface area (Å²) in [5.74, 6) is 0. The molecule has 0 aromatic heterocycles. The molecule has 0 spiro atoms. The van der Waals surface area contributed by atoms with Gasteiger partial charge in [-0.3, -0.25) is 4.90 Å². The van der Waals surface area contributed by atoms with Crippen molar-refractivity contribution in [2.45, 2.75) is 38.9 Å². The van der Waals surface area contributed by atoms with Gasteiger partial charge in [0.2, 0.25) is 0 Å². The van der Waals surface area contributed by atoms with Crippen molar-refractivity contribution >= 4 is 0 Å². The van der Waals surface area contributed by atoms with Gasteiger partial charge in [0.15, 0.2) is 0 Å². The Bertz CT molecular complexity index is 195. The van der Waals surface area contributed by atoms with E-state index in [1.807, 2.05) is 0 Å². The van der Waals surface area contributed by atoms with Crippen molar-refractivity contribution < 1.29 is 9.84 Å². The quantitative estimate of drug-likeness (QED) is 0.713. The molecule has 1 saturated carbocycles. The summed E-state index contributed by atoms with van der Waals surface area (Å²) < 4.78 is 5.68. The lowest BCUT2D eigenvalue weighted by molar-refractivity contribution is -0.0285. The second kappa shape index (κ2) is 3.80. The molecule has 0 atom stereocenters. The average molecular weight is 199 g/mol. The molecule has 0 amide bonds. The minimum absolute atomic E-state index is 0.0724. The molecule has 1 aliphatic carbocycles. The molecule has 0 unspecified atom stereocenters. The number of β-amino-alcohol motifs (C(OH)–C–C–N with tert-alkyl or cyclic N) is 1. The lowest BCUT2D eigenvalue weighted by atomic mass is 10.0. The Morgan fingerprint density at radius 2 is 2.07 bits per heavy atom. The summed E-state index contributed by atoms with van der Waals surface area (Å²) in [6, 6.07) is 0. The van der Waals surface area contributed by atoms with Gasteiger partial charge in [-0.25, -0.2) is 0 Å². The summed E-state index contributed by atoms with van der Waals surface area (Å²) in [6.45, 7) is 7.92. The zero-order valence-corrected chi connectivity index (χ0v) is 9.20. The molecule has 1 heterocycles. The van der Waals surface area contributed by atoms with Gasteiger partial charge >= 0.3 is 0 Å². The standard InChI is InChI=1S/C11H21NO2/c1-9(2)14-8-11(3-4-11)7-12-5-10(13)6-12/h9-10,13H,3-8H2,1-2H3. The molecule has 0 bridgehead atoms. The largest absolute Gasteiger partial charge is 0.390 e. The van der Waals surface area contributed by atoms with Crippen LogP contribution in [-0.2, 0) is 4.74 Å². The van der Waals surface area contributed by atoms with Gasteiger partial charge in [0.05, 0.1) is 18.8 Å². The highest BCUT2D eigenvalue weighted by atomic mass is 16.5. The molecule has 1 aliphatic heterocycles. The van der Waals surface area contributed by atoms with Crippen molar-refractivity contribution in [3.63, 3.8) is 0 Å². The number of likely N-dealkylation sites (tertiary alicyclic amines) is 1. The first kappa shape index (κ1) is 10.4. The van der Waals surface area contributed by atoms with Gasteiger partial charge in [0, 0.05) is 25.0 Å². The van der Waals surface area contributed by atoms with E-state index in [4.69, 9.17) is 4.74 Å². The SMILES string of the molecule is CC(C)OCC1(CN2CC(O)C2)CC1. The molecule has 2 rings (SSSR count). The summed E-state index contributed by atoms with van der Waals surface area (Å²) in [5, 5.41) is 9.18. The van der Waals surface area contributed by atoms with Crippen molar-refractivity contribution in [1.29, 1.82) is 0 Å². The van der Waals surface area contributed by atoms with E-state index < -0.39 is 0 Å². The van der Waals surface area contributed by atoms with Gasteiger partial charge in [-0.2, -0.15) is 0 Å². The van der Waals surface area contributed by atoms with Gasteiger partial charge in [-0.1, -0.05) is 0 Å². The van der Waals surface area contributed by atoms with Gasteiger partial charge < -0.3 is 9.84 Å². The highest BCUT2D eigenvalue weighted by molar-refractivity contribution is 4.98. The smallest absolute Gasteiger partial charge is 0.0793 e. The summed E-state index contributed by atoms with van der Waals surface area (Å²) in [4.78, 5) is 2.33. The van der Waals surface area contributed by atoms with E-state index in [9.17, 15) is 5.11 Å². The van der Waals surface area contributed by atoms with Crippen molar-refractivity contribution in [3.05, 3.63) is 0 Å². The van der Waals surface area contributed by atoms with E-state index in [1.165, 1.54) is 12.8 Å². The third-order valence-corrected chi connectivity index (χ3v) is 3.18. The average Bonchev–Trinajstić information content (AvgIpc) is 2.80. The van der Waals surface area contributed by atoms with E-state index in [0.29, 0.717) is 11.5 Å². The first-order valence-electron chi connectivity index (χ1n) is 5.62. The summed E-state index contributed by atoms with van der Waals surface area (Å²) >= 11 is 0. The van der Waals surface area contributed by atoms with Crippen LogP contribution in [0.15, 0.2) is 0 Å². The number of aliphatic hydroxyl groups is 1. The maximum absolute atomic E-state index is 9.18. The summed E-state index contributed by atoms with van der Waals surface area (Å²) in [6.07, 6.45) is 2.87. The fourth-order valence-corrected chi connectivity index (χ4v) is 2.01. The van der Waals surface area contributed by atoms with E-state index in [-0.39, 0.29) is 6.10 Å². The van der Waals surface area contributed by atoms with E-state index >= 15 is 0 Å². The minimum atomic E-state index is -0.0724. The van der Waals surface area contributed by atoms with Crippen LogP contribution in [0.25, 0.3) is 0 Å². The molecule has 1 N–H and O–H groups in total. The number of aliphatic hydroxyl groups excluding tert-OH is 1. The number of hydrogen-bond acceptors (Lipinski definition) is 3. The molecular weight excluding hydrogens is 178 g/mol. The molecule has 0 aromatic carbocycles. The fraction of sp³-hybridized carbons (Fsp3) is 1.00. The van der Waals surface area contributed by atoms with Crippen molar-refractivity contribution in [3.8, 4) is 0 Å². The first-order valence-corrected chi connectivity index (χ1v) is 5.62. The Morgan fingerprint density at radius 3 is 2.50 bits per heavy atom. The van der Waals surface area contributed by atoms with Crippen molar-refractivity contribution in [1.82, 2.24) is 4.90 Å². The lowest BCUT2D eigenvalue weighted by Crippen LogP contribution is -2.53. The van der Waals surface area contributed by atoms with Crippen LogP contribution in [-0.4, -0.2) is 48.5 Å². The van der Waals surface area contributed by atoms with Crippen LogP contribution in [0.2, 0.25) is 0 Å². The Hall–Kier alpha value is -0.120. The van der Waals surface area contributed by atoms with Gasteiger partial charge in [-0.05, 0) is 26.7 Å². The molecule has 3 heteroatoms. The Morgan fingerprint density at radius 1 is 1.43 bits per heavy atom. The van der Waals surface area contributed by atoms with Crippen LogP contribution in [0, 0.1) is 5.41 Å². The number of ether oxygens (including phenoxy) is 1. The second-order valence-electron chi connectivity index (χ2n) is 5.21. The number of rotatable bonds is 5. The van der Waals surface area contributed by atoms with Gasteiger partial charge in [0.25, 0.3) is 0 Å². The molecular formula is C11H21NO2. The molecule has 2 aliphatic rings. The fourth-order valence-electron chi connectivity index (χ4n) is 2.01. The van der Waals surface area contributed by atoms with Gasteiger partial charge in [0.1, 0.15) is 0 Å². The molecule has 2 fully saturated rings. The maximum atomic E-state index is 9.18. The Balaban J connectivity index is 1.68. The highest BCUT2D eigenvalue weighted by Crippen LogP contribution is 2.47. The van der Waals surface area contributed by atoms with Crippen LogP contribution >= 0.6 is 0 Å². The number of hydrogen-bond donors (Lipinski definition) is 1. The van der Waals surface area contributed by atoms with Crippen molar-refractivity contribution in [2.24, 2.45) is 5.41 Å². The molecule has 0 aromatic rings. The number of nitrogens with zero attached hydrogens (tertiary/aromatic N) is 1. The minimum Gasteiger partial charge on any atom is -0.390 e. The second-order valence-corrected chi connectivity index (χ2v) is 5.21. The first-order chi connectivity index (χ1) is 6.60. The molecule has 1 saturated heterocycles. The van der Waals surface area contributed by atoms with Gasteiger partial charge in [-0.15, -0.1) is 0 Å². The normalized spacial score (nSPS) is 26.6. The topological polar surface area (TPSA) is 32.7 Å². The molecule has 0 radical (unpaired) electrons. The monoisotopic (exact) mass is 199 g/mol. The molecule has 3 nitrogen and oxygen atoms in total. The third-order valence-electron chi connectivity index (χ3n) is 3.18. The zero-order chi connectivity index (χ0) is 10.2. The van der Waals surface area contributed by atoms with E-state index in [2.05, 4.69) is 18.7 Å². The van der Waals surface area contributed by atoms with Crippen LogP contribution in [0.4, 0.5) is 0 Å². The third kappa shape index (κ3) is 2.47. The molecule has 82 valence electrons. The van der Waals surface area contributed by atoms with Crippen LogP contribution < -0.4 is 0 Å². The Kier molecular flexibility index (Phi) is 2.82. The van der Waals surface area contributed by atoms with Crippen LogP contribution in [0.1, 0.15) is 26.7 Å². The van der Waals surface area contributed by atoms with E-state index in [0.717, 1.165) is 26.2 Å².